The minimum atomic E-state index is -0.529. The van der Waals surface area contributed by atoms with Crippen LogP contribution >= 0.6 is 0 Å². The molecule has 0 fully saturated rings. The number of hydrogen-bond acceptors (Lipinski definition) is 4. The van der Waals surface area contributed by atoms with Crippen molar-refractivity contribution in [2.24, 2.45) is 7.05 Å². The molecule has 0 aliphatic rings. The maximum atomic E-state index is 13.6. The van der Waals surface area contributed by atoms with Crippen LogP contribution in [0.5, 0.6) is 5.75 Å². The summed E-state index contributed by atoms with van der Waals surface area (Å²) in [6.07, 6.45) is 0. The topological polar surface area (TPSA) is 63.0 Å². The standard InChI is InChI=1S/C10H11FN4O/c1-12-10-14-13-9(15(10)2)8-6(11)4-3-5-7(8)16/h3-5,16H,1-2H3,(H,12,14). The highest BCUT2D eigenvalue weighted by atomic mass is 19.1. The van der Waals surface area contributed by atoms with Gasteiger partial charge in [-0.05, 0) is 12.1 Å². The summed E-state index contributed by atoms with van der Waals surface area (Å²) < 4.78 is 15.1. The zero-order chi connectivity index (χ0) is 11.7. The van der Waals surface area contributed by atoms with Gasteiger partial charge in [0, 0.05) is 14.1 Å². The lowest BCUT2D eigenvalue weighted by Crippen LogP contribution is -2.00. The predicted molar refractivity (Wildman–Crippen MR) is 57.6 cm³/mol. The van der Waals surface area contributed by atoms with Gasteiger partial charge in [-0.1, -0.05) is 6.07 Å². The highest BCUT2D eigenvalue weighted by molar-refractivity contribution is 5.65. The molecule has 1 aromatic heterocycles. The van der Waals surface area contributed by atoms with E-state index in [4.69, 9.17) is 0 Å². The van der Waals surface area contributed by atoms with Gasteiger partial charge in [0.25, 0.3) is 0 Å². The van der Waals surface area contributed by atoms with E-state index in [1.54, 1.807) is 18.7 Å². The number of anilines is 1. The molecule has 84 valence electrons. The molecule has 16 heavy (non-hydrogen) atoms. The third kappa shape index (κ3) is 1.48. The number of phenols is 1. The second-order valence-corrected chi connectivity index (χ2v) is 3.29. The monoisotopic (exact) mass is 222 g/mol. The summed E-state index contributed by atoms with van der Waals surface area (Å²) in [5.41, 5.74) is 0.0546. The van der Waals surface area contributed by atoms with Crippen molar-refractivity contribution in [1.29, 1.82) is 0 Å². The van der Waals surface area contributed by atoms with Crippen LogP contribution in [-0.2, 0) is 7.05 Å². The Morgan fingerprint density at radius 1 is 1.38 bits per heavy atom. The Balaban J connectivity index is 2.63. The van der Waals surface area contributed by atoms with Crippen LogP contribution in [0, 0.1) is 5.82 Å². The first kappa shape index (κ1) is 10.4. The normalized spacial score (nSPS) is 10.4. The predicted octanol–water partition coefficient (Wildman–Crippen LogP) is 1.37. The van der Waals surface area contributed by atoms with E-state index >= 15 is 0 Å². The molecule has 1 heterocycles. The van der Waals surface area contributed by atoms with Crippen molar-refractivity contribution in [2.45, 2.75) is 0 Å². The molecule has 0 saturated carbocycles. The summed E-state index contributed by atoms with van der Waals surface area (Å²) in [5, 5.41) is 20.1. The van der Waals surface area contributed by atoms with E-state index in [9.17, 15) is 9.50 Å². The molecule has 1 aromatic carbocycles. The van der Waals surface area contributed by atoms with Gasteiger partial charge < -0.3 is 10.4 Å². The molecule has 0 atom stereocenters. The van der Waals surface area contributed by atoms with Gasteiger partial charge in [0.1, 0.15) is 11.6 Å². The van der Waals surface area contributed by atoms with Crippen molar-refractivity contribution in [2.75, 3.05) is 12.4 Å². The van der Waals surface area contributed by atoms with E-state index < -0.39 is 5.82 Å². The summed E-state index contributed by atoms with van der Waals surface area (Å²) >= 11 is 0. The molecule has 0 radical (unpaired) electrons. The molecule has 0 unspecified atom stereocenters. The molecule has 5 nitrogen and oxygen atoms in total. The average Bonchev–Trinajstić information content (AvgIpc) is 2.60. The third-order valence-electron chi connectivity index (χ3n) is 2.31. The molecule has 0 saturated heterocycles. The number of aromatic hydroxyl groups is 1. The molecule has 0 bridgehead atoms. The fourth-order valence-electron chi connectivity index (χ4n) is 1.50. The van der Waals surface area contributed by atoms with Crippen LogP contribution in [0.1, 0.15) is 0 Å². The molecule has 0 aliphatic heterocycles. The number of phenolic OH excluding ortho intramolecular Hbond substituents is 1. The van der Waals surface area contributed by atoms with Crippen molar-refractivity contribution in [3.05, 3.63) is 24.0 Å². The second kappa shape index (κ2) is 3.80. The quantitative estimate of drug-likeness (QED) is 0.805. The van der Waals surface area contributed by atoms with Gasteiger partial charge in [0.05, 0.1) is 5.56 Å². The molecule has 2 rings (SSSR count). The van der Waals surface area contributed by atoms with Gasteiger partial charge in [-0.25, -0.2) is 4.39 Å². The van der Waals surface area contributed by atoms with E-state index in [0.717, 1.165) is 0 Å². The Hall–Kier alpha value is -2.11. The van der Waals surface area contributed by atoms with Gasteiger partial charge in [0.2, 0.25) is 5.95 Å². The Labute approximate surface area is 91.6 Å². The molecular formula is C10H11FN4O. The lowest BCUT2D eigenvalue weighted by molar-refractivity contribution is 0.471. The summed E-state index contributed by atoms with van der Waals surface area (Å²) in [7, 11) is 3.38. The number of rotatable bonds is 2. The summed E-state index contributed by atoms with van der Waals surface area (Å²) in [6, 6.07) is 4.11. The SMILES string of the molecule is CNc1nnc(-c2c(O)cccc2F)n1C. The maximum absolute atomic E-state index is 13.6. The Morgan fingerprint density at radius 2 is 2.12 bits per heavy atom. The minimum Gasteiger partial charge on any atom is -0.507 e. The number of aromatic nitrogens is 3. The van der Waals surface area contributed by atoms with Crippen LogP contribution in [0.3, 0.4) is 0 Å². The van der Waals surface area contributed by atoms with Crippen LogP contribution in [0.25, 0.3) is 11.4 Å². The number of hydrogen-bond donors (Lipinski definition) is 2. The molecule has 0 aliphatic carbocycles. The van der Waals surface area contributed by atoms with Gasteiger partial charge >= 0.3 is 0 Å². The summed E-state index contributed by atoms with van der Waals surface area (Å²) in [6.45, 7) is 0. The van der Waals surface area contributed by atoms with Gasteiger partial charge in [-0.3, -0.25) is 4.57 Å². The maximum Gasteiger partial charge on any atom is 0.224 e. The van der Waals surface area contributed by atoms with E-state index in [1.807, 2.05) is 0 Å². The smallest absolute Gasteiger partial charge is 0.224 e. The number of benzene rings is 1. The van der Waals surface area contributed by atoms with Crippen LogP contribution in [0.15, 0.2) is 18.2 Å². The number of nitrogens with zero attached hydrogens (tertiary/aromatic N) is 3. The molecule has 6 heteroatoms. The van der Waals surface area contributed by atoms with Crippen molar-refractivity contribution < 1.29 is 9.50 Å². The first-order valence-electron chi connectivity index (χ1n) is 4.70. The number of halogens is 1. The largest absolute Gasteiger partial charge is 0.507 e. The van der Waals surface area contributed by atoms with E-state index in [-0.39, 0.29) is 17.1 Å². The van der Waals surface area contributed by atoms with Gasteiger partial charge in [0.15, 0.2) is 5.82 Å². The van der Waals surface area contributed by atoms with E-state index in [0.29, 0.717) is 5.95 Å². The molecule has 0 spiro atoms. The average molecular weight is 222 g/mol. The first-order chi connectivity index (χ1) is 7.65. The second-order valence-electron chi connectivity index (χ2n) is 3.29. The Morgan fingerprint density at radius 3 is 2.69 bits per heavy atom. The molecule has 2 N–H and O–H groups in total. The fraction of sp³-hybridized carbons (Fsp3) is 0.200. The minimum absolute atomic E-state index is 0.0546. The zero-order valence-corrected chi connectivity index (χ0v) is 8.90. The highest BCUT2D eigenvalue weighted by Gasteiger charge is 2.17. The summed E-state index contributed by atoms with van der Waals surface area (Å²) in [5.74, 6) is 0.0916. The highest BCUT2D eigenvalue weighted by Crippen LogP contribution is 2.30. The van der Waals surface area contributed by atoms with Gasteiger partial charge in [-0.2, -0.15) is 0 Å². The van der Waals surface area contributed by atoms with Crippen molar-refractivity contribution in [3.8, 4) is 17.1 Å². The first-order valence-corrected chi connectivity index (χ1v) is 4.70. The van der Waals surface area contributed by atoms with E-state index in [1.165, 1.54) is 18.2 Å². The fourth-order valence-corrected chi connectivity index (χ4v) is 1.50. The lowest BCUT2D eigenvalue weighted by Gasteiger charge is -2.05. The lowest BCUT2D eigenvalue weighted by atomic mass is 10.2. The van der Waals surface area contributed by atoms with Crippen molar-refractivity contribution in [3.63, 3.8) is 0 Å². The van der Waals surface area contributed by atoms with Crippen molar-refractivity contribution >= 4 is 5.95 Å². The molecule has 2 aromatic rings. The van der Waals surface area contributed by atoms with Crippen LogP contribution < -0.4 is 5.32 Å². The molecule has 0 amide bonds. The van der Waals surface area contributed by atoms with Crippen LogP contribution in [0.2, 0.25) is 0 Å². The zero-order valence-electron chi connectivity index (χ0n) is 8.90. The number of nitrogens with one attached hydrogen (secondary N) is 1. The van der Waals surface area contributed by atoms with E-state index in [2.05, 4.69) is 15.5 Å². The van der Waals surface area contributed by atoms with Crippen LogP contribution in [-0.4, -0.2) is 26.9 Å². The Kier molecular flexibility index (Phi) is 2.47. The Bertz CT molecular complexity index is 503. The van der Waals surface area contributed by atoms with Crippen LogP contribution in [0.4, 0.5) is 10.3 Å². The van der Waals surface area contributed by atoms with Gasteiger partial charge in [-0.15, -0.1) is 10.2 Å². The molecular weight excluding hydrogens is 211 g/mol. The third-order valence-corrected chi connectivity index (χ3v) is 2.31. The van der Waals surface area contributed by atoms with Crippen molar-refractivity contribution in [1.82, 2.24) is 14.8 Å². The summed E-state index contributed by atoms with van der Waals surface area (Å²) in [4.78, 5) is 0.